The van der Waals surface area contributed by atoms with Crippen LogP contribution in [-0.2, 0) is 4.74 Å². The molecule has 8 nitrogen and oxygen atoms in total. The number of halogens is 1. The Hall–Kier alpha value is -1.99. The van der Waals surface area contributed by atoms with Crippen LogP contribution in [0.2, 0.25) is 0 Å². The fraction of sp³-hybridized carbons (Fsp3) is 0.538. The van der Waals surface area contributed by atoms with E-state index in [1.807, 2.05) is 4.98 Å². The molecule has 9 heteroatoms. The molecule has 0 saturated carbocycles. The number of aromatic nitrogens is 2. The van der Waals surface area contributed by atoms with Crippen LogP contribution in [0.5, 0.6) is 0 Å². The van der Waals surface area contributed by atoms with Crippen LogP contribution in [0.3, 0.4) is 0 Å². The standard InChI is InChI=1S/C13H16FN3O5/c1-7-5-9(19)16-12(21)17(7)11-13(15,3-2-4-14)10(20)8(6-18)22-11/h5,8,10-11,18,20H,4,6,15H2,1H3,(H,16,19,21)/t8-,10+,11-,13?/m1/s1. The largest absolute Gasteiger partial charge is 0.394 e. The van der Waals surface area contributed by atoms with Crippen LogP contribution in [0.25, 0.3) is 0 Å². The summed E-state index contributed by atoms with van der Waals surface area (Å²) in [5.41, 5.74) is 3.03. The topological polar surface area (TPSA) is 131 Å². The number of nitrogens with two attached hydrogens (primary N) is 1. The molecule has 4 atom stereocenters. The maximum Gasteiger partial charge on any atom is 0.330 e. The molecule has 2 heterocycles. The molecular formula is C13H16FN3O5. The SMILES string of the molecule is Cc1cc(=O)[nH]c(=O)n1[C@@H]1O[C@H](CO)[C@H](O)C1(N)C#CCF. The number of H-pyrrole nitrogens is 1. The van der Waals surface area contributed by atoms with Crippen LogP contribution in [0.4, 0.5) is 4.39 Å². The first kappa shape index (κ1) is 16.4. The summed E-state index contributed by atoms with van der Waals surface area (Å²) in [6.07, 6.45) is -3.83. The molecule has 1 fully saturated rings. The zero-order chi connectivity index (χ0) is 16.5. The van der Waals surface area contributed by atoms with Gasteiger partial charge in [-0.3, -0.25) is 14.3 Å². The lowest BCUT2D eigenvalue weighted by Gasteiger charge is -2.28. The third-order valence-corrected chi connectivity index (χ3v) is 3.51. The lowest BCUT2D eigenvalue weighted by Crippen LogP contribution is -2.55. The molecule has 2 rings (SSSR count). The molecule has 5 N–H and O–H groups in total. The first-order chi connectivity index (χ1) is 10.3. The summed E-state index contributed by atoms with van der Waals surface area (Å²) >= 11 is 0. The Balaban J connectivity index is 2.62. The Morgan fingerprint density at radius 2 is 2.27 bits per heavy atom. The number of hydrogen-bond donors (Lipinski definition) is 4. The average Bonchev–Trinajstić information content (AvgIpc) is 2.69. The summed E-state index contributed by atoms with van der Waals surface area (Å²) in [5, 5.41) is 19.4. The molecule has 1 saturated heterocycles. The molecule has 22 heavy (non-hydrogen) atoms. The highest BCUT2D eigenvalue weighted by atomic mass is 19.1. The Morgan fingerprint density at radius 1 is 1.59 bits per heavy atom. The second kappa shape index (κ2) is 6.02. The van der Waals surface area contributed by atoms with Gasteiger partial charge in [-0.05, 0) is 6.92 Å². The molecule has 1 unspecified atom stereocenters. The summed E-state index contributed by atoms with van der Waals surface area (Å²) < 4.78 is 18.8. The minimum Gasteiger partial charge on any atom is -0.394 e. The normalized spacial score (nSPS) is 30.9. The highest BCUT2D eigenvalue weighted by Gasteiger charge is 2.54. The number of ether oxygens (including phenoxy) is 1. The lowest BCUT2D eigenvalue weighted by molar-refractivity contribution is -0.0484. The van der Waals surface area contributed by atoms with Crippen LogP contribution >= 0.6 is 0 Å². The maximum absolute atomic E-state index is 12.3. The van der Waals surface area contributed by atoms with Gasteiger partial charge in [-0.15, -0.1) is 0 Å². The fourth-order valence-electron chi connectivity index (χ4n) is 2.46. The minimum atomic E-state index is -1.81. The molecule has 0 aromatic carbocycles. The van der Waals surface area contributed by atoms with E-state index in [4.69, 9.17) is 10.5 Å². The van der Waals surface area contributed by atoms with Crippen molar-refractivity contribution in [2.24, 2.45) is 5.73 Å². The van der Waals surface area contributed by atoms with Gasteiger partial charge in [0.2, 0.25) is 0 Å². The summed E-state index contributed by atoms with van der Waals surface area (Å²) in [6.45, 7) is -0.0889. The monoisotopic (exact) mass is 313 g/mol. The summed E-state index contributed by atoms with van der Waals surface area (Å²) in [5.74, 6) is 4.46. The maximum atomic E-state index is 12.3. The summed E-state index contributed by atoms with van der Waals surface area (Å²) in [4.78, 5) is 25.4. The predicted molar refractivity (Wildman–Crippen MR) is 73.7 cm³/mol. The molecule has 1 aliphatic rings. The zero-order valence-electron chi connectivity index (χ0n) is 11.7. The average molecular weight is 313 g/mol. The van der Waals surface area contributed by atoms with E-state index in [2.05, 4.69) is 11.8 Å². The Kier molecular flexibility index (Phi) is 4.48. The van der Waals surface area contributed by atoms with Crippen molar-refractivity contribution in [3.05, 3.63) is 32.6 Å². The molecule has 0 bridgehead atoms. The van der Waals surface area contributed by atoms with Crippen LogP contribution in [0.1, 0.15) is 11.9 Å². The Bertz CT molecular complexity index is 734. The minimum absolute atomic E-state index is 0.224. The van der Waals surface area contributed by atoms with Crippen LogP contribution in [0, 0.1) is 18.8 Å². The molecule has 0 spiro atoms. The van der Waals surface area contributed by atoms with Gasteiger partial charge in [-0.1, -0.05) is 11.8 Å². The van der Waals surface area contributed by atoms with E-state index in [1.165, 1.54) is 6.92 Å². The third kappa shape index (κ3) is 2.57. The number of aliphatic hydroxyl groups excluding tert-OH is 2. The highest BCUT2D eigenvalue weighted by Crippen LogP contribution is 2.35. The zero-order valence-corrected chi connectivity index (χ0v) is 11.7. The molecule has 1 aliphatic heterocycles. The molecule has 0 radical (unpaired) electrons. The number of hydrogen-bond acceptors (Lipinski definition) is 6. The Morgan fingerprint density at radius 3 is 2.82 bits per heavy atom. The number of aryl methyl sites for hydroxylation is 1. The number of aliphatic hydroxyl groups is 2. The molecule has 1 aromatic rings. The van der Waals surface area contributed by atoms with E-state index in [-0.39, 0.29) is 5.69 Å². The van der Waals surface area contributed by atoms with Crippen molar-refractivity contribution in [1.82, 2.24) is 9.55 Å². The van der Waals surface area contributed by atoms with Crippen LogP contribution < -0.4 is 17.0 Å². The summed E-state index contributed by atoms with van der Waals surface area (Å²) in [7, 11) is 0. The van der Waals surface area contributed by atoms with Crippen molar-refractivity contribution in [3.63, 3.8) is 0 Å². The van der Waals surface area contributed by atoms with Gasteiger partial charge >= 0.3 is 5.69 Å². The summed E-state index contributed by atoms with van der Waals surface area (Å²) in [6, 6.07) is 1.15. The van der Waals surface area contributed by atoms with Crippen molar-refractivity contribution in [2.75, 3.05) is 13.3 Å². The second-order valence-electron chi connectivity index (χ2n) is 4.97. The van der Waals surface area contributed by atoms with Gasteiger partial charge in [-0.25, -0.2) is 9.18 Å². The second-order valence-corrected chi connectivity index (χ2v) is 4.97. The molecule has 1 aromatic heterocycles. The van der Waals surface area contributed by atoms with E-state index in [1.54, 1.807) is 0 Å². The molecule has 0 aliphatic carbocycles. The molecule has 120 valence electrons. The Labute approximate surface area is 124 Å². The molecular weight excluding hydrogens is 297 g/mol. The number of alkyl halides is 1. The van der Waals surface area contributed by atoms with Gasteiger partial charge < -0.3 is 20.7 Å². The molecule has 0 amide bonds. The number of rotatable bonds is 2. The smallest absolute Gasteiger partial charge is 0.330 e. The third-order valence-electron chi connectivity index (χ3n) is 3.51. The van der Waals surface area contributed by atoms with E-state index >= 15 is 0 Å². The van der Waals surface area contributed by atoms with E-state index < -0.39 is 48.5 Å². The quantitative estimate of drug-likeness (QED) is 0.457. The van der Waals surface area contributed by atoms with Crippen molar-refractivity contribution in [2.45, 2.75) is 30.9 Å². The van der Waals surface area contributed by atoms with Gasteiger partial charge in [0.25, 0.3) is 5.56 Å². The van der Waals surface area contributed by atoms with Crippen molar-refractivity contribution < 1.29 is 19.3 Å². The van der Waals surface area contributed by atoms with Crippen molar-refractivity contribution >= 4 is 0 Å². The van der Waals surface area contributed by atoms with Crippen LogP contribution in [-0.4, -0.2) is 50.8 Å². The van der Waals surface area contributed by atoms with Gasteiger partial charge in [0, 0.05) is 11.8 Å². The predicted octanol–water partition coefficient (Wildman–Crippen LogP) is -2.23. The van der Waals surface area contributed by atoms with Gasteiger partial charge in [0.1, 0.15) is 18.9 Å². The van der Waals surface area contributed by atoms with E-state index in [0.29, 0.717) is 0 Å². The highest BCUT2D eigenvalue weighted by molar-refractivity contribution is 5.26. The first-order valence-corrected chi connectivity index (χ1v) is 6.47. The number of aromatic amines is 1. The van der Waals surface area contributed by atoms with E-state index in [0.717, 1.165) is 10.6 Å². The number of nitrogens with one attached hydrogen (secondary N) is 1. The van der Waals surface area contributed by atoms with Gasteiger partial charge in [0.15, 0.2) is 11.8 Å². The fourth-order valence-corrected chi connectivity index (χ4v) is 2.46. The van der Waals surface area contributed by atoms with Crippen molar-refractivity contribution in [3.8, 4) is 11.8 Å². The number of nitrogens with zero attached hydrogens (tertiary/aromatic N) is 1. The van der Waals surface area contributed by atoms with E-state index in [9.17, 15) is 24.2 Å². The first-order valence-electron chi connectivity index (χ1n) is 6.47. The van der Waals surface area contributed by atoms with Gasteiger partial charge in [-0.2, -0.15) is 0 Å². The van der Waals surface area contributed by atoms with Crippen molar-refractivity contribution in [1.29, 1.82) is 0 Å². The lowest BCUT2D eigenvalue weighted by atomic mass is 9.91. The van der Waals surface area contributed by atoms with Gasteiger partial charge in [0.05, 0.1) is 6.61 Å². The van der Waals surface area contributed by atoms with Crippen LogP contribution in [0.15, 0.2) is 15.7 Å².